The fraction of sp³-hybridized carbons (Fsp3) is 0. The van der Waals surface area contributed by atoms with Gasteiger partial charge in [0.15, 0.2) is 0 Å². The normalized spacial score (nSPS) is 10.1. The van der Waals surface area contributed by atoms with Crippen LogP contribution in [0.3, 0.4) is 0 Å². The molecular formula is C14H12Cl2N4O2. The van der Waals surface area contributed by atoms with E-state index in [0.717, 1.165) is 0 Å². The Morgan fingerprint density at radius 2 is 1.73 bits per heavy atom. The molecule has 3 amide bonds. The maximum Gasteiger partial charge on any atom is 0.337 e. The molecule has 5 N–H and O–H groups in total. The number of carbonyl (C=O) groups excluding carboxylic acids is 2. The topological polar surface area (TPSA) is 96.2 Å². The Kier molecular flexibility index (Phi) is 5.35. The van der Waals surface area contributed by atoms with Crippen LogP contribution < -0.4 is 22.1 Å². The van der Waals surface area contributed by atoms with Crippen LogP contribution in [0.4, 0.5) is 4.79 Å². The molecule has 0 aliphatic heterocycles. The lowest BCUT2D eigenvalue weighted by molar-refractivity contribution is 0.0963. The average Bonchev–Trinajstić information content (AvgIpc) is 2.50. The van der Waals surface area contributed by atoms with Gasteiger partial charge in [0.25, 0.3) is 5.91 Å². The first-order chi connectivity index (χ1) is 10.5. The Bertz CT molecular complexity index is 722. The summed E-state index contributed by atoms with van der Waals surface area (Å²) in [5.41, 5.74) is 5.61. The average molecular weight is 339 g/mol. The Hall–Kier alpha value is -2.12. The van der Waals surface area contributed by atoms with Crippen LogP contribution in [-0.4, -0.2) is 11.9 Å². The number of halogens is 2. The lowest BCUT2D eigenvalue weighted by Gasteiger charge is -2.10. The fourth-order valence-electron chi connectivity index (χ4n) is 1.86. The van der Waals surface area contributed by atoms with Crippen molar-refractivity contribution in [2.45, 2.75) is 0 Å². The van der Waals surface area contributed by atoms with Crippen LogP contribution in [0.25, 0.3) is 11.1 Å². The third kappa shape index (κ3) is 3.75. The molecule has 0 radical (unpaired) electrons. The first-order valence-corrected chi connectivity index (χ1v) is 6.90. The van der Waals surface area contributed by atoms with Crippen molar-refractivity contribution >= 4 is 35.1 Å². The van der Waals surface area contributed by atoms with Crippen molar-refractivity contribution in [3.63, 3.8) is 0 Å². The highest BCUT2D eigenvalue weighted by molar-refractivity contribution is 6.42. The lowest BCUT2D eigenvalue weighted by atomic mass is 9.99. The lowest BCUT2D eigenvalue weighted by Crippen LogP contribution is -2.49. The van der Waals surface area contributed by atoms with Gasteiger partial charge in [0, 0.05) is 5.56 Å². The van der Waals surface area contributed by atoms with Crippen LogP contribution in [0.5, 0.6) is 0 Å². The van der Waals surface area contributed by atoms with E-state index in [0.29, 0.717) is 26.7 Å². The van der Waals surface area contributed by atoms with Crippen LogP contribution in [-0.2, 0) is 0 Å². The molecule has 0 saturated heterocycles. The van der Waals surface area contributed by atoms with Gasteiger partial charge < -0.3 is 0 Å². The Morgan fingerprint density at radius 3 is 2.41 bits per heavy atom. The Balaban J connectivity index is 2.36. The second kappa shape index (κ2) is 7.24. The molecule has 0 fully saturated rings. The first-order valence-electron chi connectivity index (χ1n) is 6.14. The van der Waals surface area contributed by atoms with Gasteiger partial charge in [0.1, 0.15) is 0 Å². The van der Waals surface area contributed by atoms with E-state index in [1.165, 1.54) is 0 Å². The number of benzene rings is 2. The summed E-state index contributed by atoms with van der Waals surface area (Å²) in [6, 6.07) is 11.1. The third-order valence-corrected chi connectivity index (χ3v) is 3.55. The van der Waals surface area contributed by atoms with Crippen molar-refractivity contribution in [2.75, 3.05) is 0 Å². The highest BCUT2D eigenvalue weighted by Gasteiger charge is 2.15. The maximum atomic E-state index is 12.2. The van der Waals surface area contributed by atoms with Crippen molar-refractivity contribution in [1.82, 2.24) is 16.3 Å². The highest BCUT2D eigenvalue weighted by atomic mass is 35.5. The molecule has 0 unspecified atom stereocenters. The molecule has 0 aliphatic rings. The van der Waals surface area contributed by atoms with E-state index in [4.69, 9.17) is 29.0 Å². The number of rotatable bonds is 3. The van der Waals surface area contributed by atoms with E-state index >= 15 is 0 Å². The molecule has 2 rings (SSSR count). The SMILES string of the molecule is NNNC(=O)NC(=O)c1ccccc1-c1ccc(Cl)c(Cl)c1. The van der Waals surface area contributed by atoms with Crippen molar-refractivity contribution in [3.05, 3.63) is 58.1 Å². The summed E-state index contributed by atoms with van der Waals surface area (Å²) in [5.74, 6) is 4.36. The largest absolute Gasteiger partial charge is 0.337 e. The minimum Gasteiger partial charge on any atom is -0.273 e. The molecule has 0 spiro atoms. The highest BCUT2D eigenvalue weighted by Crippen LogP contribution is 2.30. The molecule has 22 heavy (non-hydrogen) atoms. The monoisotopic (exact) mass is 338 g/mol. The summed E-state index contributed by atoms with van der Waals surface area (Å²) < 4.78 is 0. The molecule has 0 atom stereocenters. The molecule has 0 heterocycles. The van der Waals surface area contributed by atoms with E-state index in [-0.39, 0.29) is 0 Å². The third-order valence-electron chi connectivity index (χ3n) is 2.82. The number of amides is 3. The summed E-state index contributed by atoms with van der Waals surface area (Å²) >= 11 is 11.9. The molecule has 8 heteroatoms. The van der Waals surface area contributed by atoms with Gasteiger partial charge in [-0.1, -0.05) is 47.5 Å². The van der Waals surface area contributed by atoms with Gasteiger partial charge in [-0.2, -0.15) is 5.53 Å². The zero-order valence-corrected chi connectivity index (χ0v) is 12.7. The van der Waals surface area contributed by atoms with E-state index in [9.17, 15) is 9.59 Å². The smallest absolute Gasteiger partial charge is 0.273 e. The van der Waals surface area contributed by atoms with Gasteiger partial charge in [-0.25, -0.2) is 4.79 Å². The summed E-state index contributed by atoms with van der Waals surface area (Å²) in [4.78, 5) is 23.5. The number of imide groups is 1. The number of hydrogen-bond donors (Lipinski definition) is 4. The minimum atomic E-state index is -0.767. The van der Waals surface area contributed by atoms with Crippen molar-refractivity contribution < 1.29 is 9.59 Å². The Morgan fingerprint density at radius 1 is 1.00 bits per heavy atom. The first kappa shape index (κ1) is 16.3. The predicted octanol–water partition coefficient (Wildman–Crippen LogP) is 2.48. The van der Waals surface area contributed by atoms with Crippen LogP contribution in [0, 0.1) is 0 Å². The molecule has 0 saturated carbocycles. The number of hydrazine groups is 2. The quantitative estimate of drug-likeness (QED) is 0.510. The molecule has 2 aromatic rings. The number of urea groups is 1. The van der Waals surface area contributed by atoms with Crippen molar-refractivity contribution in [1.29, 1.82) is 0 Å². The maximum absolute atomic E-state index is 12.2. The fourth-order valence-corrected chi connectivity index (χ4v) is 2.16. The molecular weight excluding hydrogens is 327 g/mol. The number of nitrogens with one attached hydrogen (secondary N) is 3. The van der Waals surface area contributed by atoms with Crippen LogP contribution in [0.2, 0.25) is 10.0 Å². The second-order valence-corrected chi connectivity index (χ2v) is 5.04. The molecule has 6 nitrogen and oxygen atoms in total. The van der Waals surface area contributed by atoms with E-state index in [2.05, 4.69) is 5.32 Å². The standard InChI is InChI=1S/C14H12Cl2N4O2/c15-11-6-5-8(7-12(11)16)9-3-1-2-4-10(9)13(21)18-14(22)19-20-17/h1-7,20H,17H2,(H2,18,19,21,22). The zero-order valence-electron chi connectivity index (χ0n) is 11.2. The van der Waals surface area contributed by atoms with Gasteiger partial charge in [-0.3, -0.25) is 21.4 Å². The van der Waals surface area contributed by atoms with E-state index < -0.39 is 11.9 Å². The van der Waals surface area contributed by atoms with Crippen LogP contribution >= 0.6 is 23.2 Å². The molecule has 0 aromatic heterocycles. The van der Waals surface area contributed by atoms with Gasteiger partial charge in [-0.05, 0) is 29.3 Å². The second-order valence-electron chi connectivity index (χ2n) is 4.23. The number of carbonyl (C=O) groups is 2. The van der Waals surface area contributed by atoms with Gasteiger partial charge in [-0.15, -0.1) is 0 Å². The predicted molar refractivity (Wildman–Crippen MR) is 85.2 cm³/mol. The molecule has 2 aromatic carbocycles. The minimum absolute atomic E-state index is 0.313. The van der Waals surface area contributed by atoms with E-state index in [1.54, 1.807) is 42.5 Å². The summed E-state index contributed by atoms with van der Waals surface area (Å²) in [6.07, 6.45) is 0. The van der Waals surface area contributed by atoms with Gasteiger partial charge in [0.2, 0.25) is 0 Å². The van der Waals surface area contributed by atoms with Crippen LogP contribution in [0.15, 0.2) is 42.5 Å². The van der Waals surface area contributed by atoms with E-state index in [1.807, 2.05) is 11.0 Å². The van der Waals surface area contributed by atoms with Gasteiger partial charge in [0.05, 0.1) is 10.0 Å². The van der Waals surface area contributed by atoms with Crippen molar-refractivity contribution in [3.8, 4) is 11.1 Å². The zero-order chi connectivity index (χ0) is 16.1. The summed E-state index contributed by atoms with van der Waals surface area (Å²) in [6.45, 7) is 0. The number of nitrogens with two attached hydrogens (primary N) is 1. The molecule has 0 aliphatic carbocycles. The van der Waals surface area contributed by atoms with Crippen molar-refractivity contribution in [2.24, 2.45) is 5.84 Å². The molecule has 114 valence electrons. The van der Waals surface area contributed by atoms with Gasteiger partial charge >= 0.3 is 6.03 Å². The summed E-state index contributed by atoms with van der Waals surface area (Å²) in [5, 5.41) is 2.93. The molecule has 0 bridgehead atoms. The van der Waals surface area contributed by atoms with Crippen LogP contribution in [0.1, 0.15) is 10.4 Å². The Labute approximate surface area is 136 Å². The summed E-state index contributed by atoms with van der Waals surface area (Å²) in [7, 11) is 0. The number of hydrogen-bond acceptors (Lipinski definition) is 4.